The van der Waals surface area contributed by atoms with Crippen molar-refractivity contribution in [2.75, 3.05) is 0 Å². The summed E-state index contributed by atoms with van der Waals surface area (Å²) in [7, 11) is 0. The molecule has 0 aliphatic heterocycles. The van der Waals surface area contributed by atoms with E-state index in [1.165, 1.54) is 0 Å². The monoisotopic (exact) mass is 201 g/mol. The van der Waals surface area contributed by atoms with Crippen molar-refractivity contribution in [1.82, 2.24) is 0 Å². The second-order valence-corrected chi connectivity index (χ2v) is 3.87. The van der Waals surface area contributed by atoms with Crippen LogP contribution in [0.5, 0.6) is 0 Å². The van der Waals surface area contributed by atoms with E-state index in [-0.39, 0.29) is 0 Å². The fraction of sp³-hybridized carbons (Fsp3) is 0.308. The summed E-state index contributed by atoms with van der Waals surface area (Å²) in [4.78, 5) is 14.4. The van der Waals surface area contributed by atoms with E-state index < -0.39 is 5.54 Å². The first-order valence-corrected chi connectivity index (χ1v) is 4.83. The molecule has 78 valence electrons. The number of hydrogen-bond donors (Lipinski definition) is 0. The van der Waals surface area contributed by atoms with Crippen molar-refractivity contribution in [3.8, 4) is 0 Å². The van der Waals surface area contributed by atoms with Crippen LogP contribution in [0.2, 0.25) is 0 Å². The van der Waals surface area contributed by atoms with Gasteiger partial charge in [0.05, 0.1) is 0 Å². The van der Waals surface area contributed by atoms with Crippen LogP contribution in [0.4, 0.5) is 0 Å². The standard InChI is InChI=1S/C13H15NO/c1-10(2)13(4,14-9-15)12-8-6-5-7-11(12)3/h5-8H,1H2,2-4H3. The minimum absolute atomic E-state index is 0.660. The van der Waals surface area contributed by atoms with Gasteiger partial charge in [-0.2, -0.15) is 4.99 Å². The van der Waals surface area contributed by atoms with E-state index in [1.54, 1.807) is 6.08 Å². The second-order valence-electron chi connectivity index (χ2n) is 3.87. The Labute approximate surface area is 90.4 Å². The Morgan fingerprint density at radius 3 is 2.53 bits per heavy atom. The molecule has 0 N–H and O–H groups in total. The van der Waals surface area contributed by atoms with E-state index in [0.717, 1.165) is 16.7 Å². The van der Waals surface area contributed by atoms with Gasteiger partial charge < -0.3 is 0 Å². The second kappa shape index (κ2) is 4.24. The minimum atomic E-state index is -0.660. The first kappa shape index (κ1) is 11.4. The summed E-state index contributed by atoms with van der Waals surface area (Å²) in [5.41, 5.74) is 2.27. The van der Waals surface area contributed by atoms with Crippen molar-refractivity contribution in [2.24, 2.45) is 4.99 Å². The minimum Gasteiger partial charge on any atom is -0.211 e. The van der Waals surface area contributed by atoms with Crippen molar-refractivity contribution in [3.63, 3.8) is 0 Å². The number of rotatable bonds is 3. The Morgan fingerprint density at radius 1 is 1.47 bits per heavy atom. The van der Waals surface area contributed by atoms with Gasteiger partial charge in [-0.05, 0) is 37.5 Å². The molecule has 2 heteroatoms. The fourth-order valence-corrected chi connectivity index (χ4v) is 1.60. The third kappa shape index (κ3) is 2.05. The summed E-state index contributed by atoms with van der Waals surface area (Å²) < 4.78 is 0. The van der Waals surface area contributed by atoms with Crippen LogP contribution in [0.1, 0.15) is 25.0 Å². The number of isocyanates is 1. The van der Waals surface area contributed by atoms with E-state index in [9.17, 15) is 4.79 Å². The molecule has 0 radical (unpaired) electrons. The van der Waals surface area contributed by atoms with Crippen LogP contribution in [-0.4, -0.2) is 6.08 Å². The molecule has 0 saturated carbocycles. The molecule has 0 saturated heterocycles. The summed E-state index contributed by atoms with van der Waals surface area (Å²) in [6.07, 6.45) is 1.63. The van der Waals surface area contributed by atoms with Crippen LogP contribution >= 0.6 is 0 Å². The Hall–Kier alpha value is -1.66. The highest BCUT2D eigenvalue weighted by atomic mass is 16.1. The van der Waals surface area contributed by atoms with Crippen LogP contribution in [-0.2, 0) is 10.3 Å². The highest BCUT2D eigenvalue weighted by molar-refractivity contribution is 5.44. The molecule has 1 rings (SSSR count). The molecule has 0 heterocycles. The molecule has 0 aromatic heterocycles. The molecule has 0 aliphatic rings. The molecule has 1 aromatic carbocycles. The van der Waals surface area contributed by atoms with Gasteiger partial charge in [-0.3, -0.25) is 0 Å². The van der Waals surface area contributed by atoms with Crippen molar-refractivity contribution in [3.05, 3.63) is 47.5 Å². The third-order valence-electron chi connectivity index (χ3n) is 2.77. The first-order valence-electron chi connectivity index (χ1n) is 4.83. The molecule has 2 nitrogen and oxygen atoms in total. The Kier molecular flexibility index (Phi) is 3.23. The highest BCUT2D eigenvalue weighted by Gasteiger charge is 2.28. The normalized spacial score (nSPS) is 13.8. The largest absolute Gasteiger partial charge is 0.236 e. The van der Waals surface area contributed by atoms with E-state index >= 15 is 0 Å². The van der Waals surface area contributed by atoms with Gasteiger partial charge in [-0.25, -0.2) is 4.79 Å². The lowest BCUT2D eigenvalue weighted by Gasteiger charge is -2.26. The summed E-state index contributed by atoms with van der Waals surface area (Å²) in [5, 5.41) is 0. The number of aryl methyl sites for hydroxylation is 1. The number of hydrogen-bond acceptors (Lipinski definition) is 2. The van der Waals surface area contributed by atoms with Gasteiger partial charge in [0, 0.05) is 0 Å². The smallest absolute Gasteiger partial charge is 0.211 e. The van der Waals surface area contributed by atoms with E-state index in [4.69, 9.17) is 0 Å². The Balaban J connectivity index is 3.40. The van der Waals surface area contributed by atoms with Crippen LogP contribution in [0.25, 0.3) is 0 Å². The van der Waals surface area contributed by atoms with E-state index in [2.05, 4.69) is 11.6 Å². The number of nitrogens with zero attached hydrogens (tertiary/aromatic N) is 1. The first-order chi connectivity index (χ1) is 7.02. The summed E-state index contributed by atoms with van der Waals surface area (Å²) in [5.74, 6) is 0. The van der Waals surface area contributed by atoms with E-state index in [0.29, 0.717) is 0 Å². The molecule has 0 aliphatic carbocycles. The van der Waals surface area contributed by atoms with Crippen molar-refractivity contribution >= 4 is 6.08 Å². The molecule has 15 heavy (non-hydrogen) atoms. The average Bonchev–Trinajstić information content (AvgIpc) is 2.18. The van der Waals surface area contributed by atoms with Crippen molar-refractivity contribution < 1.29 is 4.79 Å². The molecule has 1 aromatic rings. The number of benzene rings is 1. The topological polar surface area (TPSA) is 29.4 Å². The summed E-state index contributed by atoms with van der Waals surface area (Å²) in [6.45, 7) is 9.63. The summed E-state index contributed by atoms with van der Waals surface area (Å²) >= 11 is 0. The molecule has 0 amide bonds. The number of carbonyl (C=O) groups excluding carboxylic acids is 1. The van der Waals surface area contributed by atoms with Crippen molar-refractivity contribution in [1.29, 1.82) is 0 Å². The lowest BCUT2D eigenvalue weighted by Crippen LogP contribution is -2.21. The average molecular weight is 201 g/mol. The van der Waals surface area contributed by atoms with Crippen molar-refractivity contribution in [2.45, 2.75) is 26.3 Å². The van der Waals surface area contributed by atoms with Crippen LogP contribution in [0.3, 0.4) is 0 Å². The molecular weight excluding hydrogens is 186 g/mol. The van der Waals surface area contributed by atoms with Crippen LogP contribution < -0.4 is 0 Å². The zero-order valence-corrected chi connectivity index (χ0v) is 9.37. The maximum atomic E-state index is 10.5. The predicted octanol–water partition coefficient (Wildman–Crippen LogP) is 3.12. The summed E-state index contributed by atoms with van der Waals surface area (Å²) in [6, 6.07) is 7.86. The highest BCUT2D eigenvalue weighted by Crippen LogP contribution is 2.33. The Morgan fingerprint density at radius 2 is 2.07 bits per heavy atom. The van der Waals surface area contributed by atoms with Gasteiger partial charge in [0.15, 0.2) is 0 Å². The van der Waals surface area contributed by atoms with Gasteiger partial charge in [0.25, 0.3) is 0 Å². The molecule has 0 bridgehead atoms. The maximum absolute atomic E-state index is 10.5. The lowest BCUT2D eigenvalue weighted by molar-refractivity contribution is 0.536. The van der Waals surface area contributed by atoms with Gasteiger partial charge in [-0.15, -0.1) is 0 Å². The molecule has 0 fully saturated rings. The zero-order chi connectivity index (χ0) is 11.5. The lowest BCUT2D eigenvalue weighted by atomic mass is 9.84. The Bertz CT molecular complexity index is 426. The number of aliphatic imine (C=N–C) groups is 1. The molecule has 1 atom stereocenters. The quantitative estimate of drug-likeness (QED) is 0.419. The molecule has 0 spiro atoms. The zero-order valence-electron chi connectivity index (χ0n) is 9.37. The van der Waals surface area contributed by atoms with Gasteiger partial charge >= 0.3 is 0 Å². The molecule has 1 unspecified atom stereocenters. The van der Waals surface area contributed by atoms with E-state index in [1.807, 2.05) is 45.0 Å². The third-order valence-corrected chi connectivity index (χ3v) is 2.77. The van der Waals surface area contributed by atoms with Crippen LogP contribution in [0.15, 0.2) is 41.4 Å². The fourth-order valence-electron chi connectivity index (χ4n) is 1.60. The van der Waals surface area contributed by atoms with Gasteiger partial charge in [-0.1, -0.05) is 30.8 Å². The molecular formula is C13H15NO. The van der Waals surface area contributed by atoms with Crippen LogP contribution in [0, 0.1) is 6.92 Å². The SMILES string of the molecule is C=C(C)C(C)(N=C=O)c1ccccc1C. The maximum Gasteiger partial charge on any atom is 0.236 e. The predicted molar refractivity (Wildman–Crippen MR) is 61.5 cm³/mol. The van der Waals surface area contributed by atoms with Gasteiger partial charge in [0.2, 0.25) is 6.08 Å². The van der Waals surface area contributed by atoms with Gasteiger partial charge in [0.1, 0.15) is 5.54 Å².